The van der Waals surface area contributed by atoms with E-state index in [0.29, 0.717) is 5.92 Å². The lowest BCUT2D eigenvalue weighted by molar-refractivity contribution is 0.869. The van der Waals surface area contributed by atoms with Crippen molar-refractivity contribution in [2.75, 3.05) is 0 Å². The fourth-order valence-corrected chi connectivity index (χ4v) is 1.94. The van der Waals surface area contributed by atoms with Gasteiger partial charge in [0.15, 0.2) is 0 Å². The van der Waals surface area contributed by atoms with Crippen LogP contribution in [0.4, 0.5) is 0 Å². The summed E-state index contributed by atoms with van der Waals surface area (Å²) in [5.74, 6) is 0.450. The highest BCUT2D eigenvalue weighted by Gasteiger charge is 2.07. The molecule has 1 heterocycles. The zero-order valence-corrected chi connectivity index (χ0v) is 9.05. The zero-order chi connectivity index (χ0) is 10.1. The van der Waals surface area contributed by atoms with Crippen LogP contribution in [0.3, 0.4) is 0 Å². The van der Waals surface area contributed by atoms with Crippen molar-refractivity contribution in [1.29, 1.82) is 0 Å². The molecular formula is C12H12ClN. The van der Waals surface area contributed by atoms with Crippen LogP contribution >= 0.6 is 11.6 Å². The van der Waals surface area contributed by atoms with Crippen molar-refractivity contribution in [2.45, 2.75) is 19.8 Å². The molecule has 0 radical (unpaired) electrons. The van der Waals surface area contributed by atoms with E-state index in [-0.39, 0.29) is 0 Å². The van der Waals surface area contributed by atoms with Crippen LogP contribution in [0.2, 0.25) is 5.02 Å². The summed E-state index contributed by atoms with van der Waals surface area (Å²) in [6.07, 6.45) is 3.76. The molecule has 0 amide bonds. The van der Waals surface area contributed by atoms with Gasteiger partial charge in [-0.2, -0.15) is 0 Å². The Morgan fingerprint density at radius 3 is 2.71 bits per heavy atom. The molecule has 0 fully saturated rings. The van der Waals surface area contributed by atoms with Crippen molar-refractivity contribution < 1.29 is 0 Å². The van der Waals surface area contributed by atoms with Crippen LogP contribution in [-0.4, -0.2) is 4.98 Å². The summed E-state index contributed by atoms with van der Waals surface area (Å²) < 4.78 is 0. The van der Waals surface area contributed by atoms with Crippen LogP contribution in [0.25, 0.3) is 10.8 Å². The van der Waals surface area contributed by atoms with Crippen molar-refractivity contribution in [3.8, 4) is 0 Å². The molecule has 1 aromatic carbocycles. The van der Waals surface area contributed by atoms with Crippen molar-refractivity contribution in [1.82, 2.24) is 4.98 Å². The topological polar surface area (TPSA) is 12.9 Å². The Morgan fingerprint density at radius 1 is 1.21 bits per heavy atom. The van der Waals surface area contributed by atoms with Gasteiger partial charge in [0.05, 0.1) is 0 Å². The Labute approximate surface area is 88.7 Å². The van der Waals surface area contributed by atoms with Crippen LogP contribution in [-0.2, 0) is 0 Å². The maximum absolute atomic E-state index is 6.18. The van der Waals surface area contributed by atoms with Crippen molar-refractivity contribution in [3.05, 3.63) is 41.2 Å². The van der Waals surface area contributed by atoms with Crippen molar-refractivity contribution in [2.24, 2.45) is 0 Å². The molecule has 0 N–H and O–H groups in total. The summed E-state index contributed by atoms with van der Waals surface area (Å²) >= 11 is 6.18. The molecular weight excluding hydrogens is 194 g/mol. The molecule has 72 valence electrons. The average Bonchev–Trinajstić information content (AvgIpc) is 2.17. The maximum atomic E-state index is 6.18. The molecule has 0 aliphatic carbocycles. The Hall–Kier alpha value is -1.08. The van der Waals surface area contributed by atoms with Gasteiger partial charge in [0.2, 0.25) is 0 Å². The lowest BCUT2D eigenvalue weighted by Crippen LogP contribution is -1.91. The first-order chi connectivity index (χ1) is 6.70. The molecule has 0 unspecified atom stereocenters. The highest BCUT2D eigenvalue weighted by atomic mass is 35.5. The first kappa shape index (κ1) is 9.47. The minimum absolute atomic E-state index is 0.450. The van der Waals surface area contributed by atoms with E-state index in [1.807, 2.05) is 30.6 Å². The SMILES string of the molecule is CC(C)c1cncc2cccc(Cl)c12. The smallest absolute Gasteiger partial charge is 0.0488 e. The highest BCUT2D eigenvalue weighted by Crippen LogP contribution is 2.29. The van der Waals surface area contributed by atoms with E-state index in [0.717, 1.165) is 15.8 Å². The van der Waals surface area contributed by atoms with E-state index in [9.17, 15) is 0 Å². The molecule has 1 nitrogen and oxygen atoms in total. The second kappa shape index (κ2) is 3.58. The maximum Gasteiger partial charge on any atom is 0.0488 e. The van der Waals surface area contributed by atoms with Gasteiger partial charge in [0, 0.05) is 28.2 Å². The molecule has 0 bridgehead atoms. The minimum Gasteiger partial charge on any atom is -0.264 e. The number of rotatable bonds is 1. The van der Waals surface area contributed by atoms with Crippen LogP contribution in [0.15, 0.2) is 30.6 Å². The number of fused-ring (bicyclic) bond motifs is 1. The second-order valence-corrected chi connectivity index (χ2v) is 4.13. The van der Waals surface area contributed by atoms with Crippen LogP contribution in [0.1, 0.15) is 25.3 Å². The highest BCUT2D eigenvalue weighted by molar-refractivity contribution is 6.35. The van der Waals surface area contributed by atoms with E-state index in [1.54, 1.807) is 0 Å². The number of benzene rings is 1. The fourth-order valence-electron chi connectivity index (χ4n) is 1.65. The van der Waals surface area contributed by atoms with Gasteiger partial charge in [-0.1, -0.05) is 37.6 Å². The van der Waals surface area contributed by atoms with Crippen LogP contribution in [0, 0.1) is 0 Å². The normalized spacial score (nSPS) is 11.1. The van der Waals surface area contributed by atoms with E-state index in [1.165, 1.54) is 5.56 Å². The molecule has 2 heteroatoms. The number of hydrogen-bond donors (Lipinski definition) is 0. The average molecular weight is 206 g/mol. The van der Waals surface area contributed by atoms with Gasteiger partial charge in [-0.3, -0.25) is 4.98 Å². The standard InChI is InChI=1S/C12H12ClN/c1-8(2)10-7-14-6-9-4-3-5-11(13)12(9)10/h3-8H,1-2H3. The first-order valence-electron chi connectivity index (χ1n) is 4.72. The first-order valence-corrected chi connectivity index (χ1v) is 5.10. The predicted octanol–water partition coefficient (Wildman–Crippen LogP) is 4.01. The third-order valence-corrected chi connectivity index (χ3v) is 2.70. The minimum atomic E-state index is 0.450. The summed E-state index contributed by atoms with van der Waals surface area (Å²) in [7, 11) is 0. The van der Waals surface area contributed by atoms with Gasteiger partial charge < -0.3 is 0 Å². The number of aromatic nitrogens is 1. The molecule has 0 atom stereocenters. The molecule has 0 aliphatic rings. The van der Waals surface area contributed by atoms with Crippen molar-refractivity contribution in [3.63, 3.8) is 0 Å². The Balaban J connectivity index is 2.84. The fraction of sp³-hybridized carbons (Fsp3) is 0.250. The quantitative estimate of drug-likeness (QED) is 0.686. The van der Waals surface area contributed by atoms with Gasteiger partial charge in [-0.25, -0.2) is 0 Å². The van der Waals surface area contributed by atoms with Crippen LogP contribution < -0.4 is 0 Å². The van der Waals surface area contributed by atoms with Gasteiger partial charge in [-0.05, 0) is 17.5 Å². The zero-order valence-electron chi connectivity index (χ0n) is 8.29. The van der Waals surface area contributed by atoms with E-state index < -0.39 is 0 Å². The lowest BCUT2D eigenvalue weighted by atomic mass is 9.99. The largest absolute Gasteiger partial charge is 0.264 e. The van der Waals surface area contributed by atoms with Crippen molar-refractivity contribution >= 4 is 22.4 Å². The number of pyridine rings is 1. The molecule has 0 aliphatic heterocycles. The summed E-state index contributed by atoms with van der Waals surface area (Å²) in [6, 6.07) is 5.92. The lowest BCUT2D eigenvalue weighted by Gasteiger charge is -2.10. The Morgan fingerprint density at radius 2 is 2.00 bits per heavy atom. The number of halogens is 1. The van der Waals surface area contributed by atoms with E-state index in [2.05, 4.69) is 18.8 Å². The summed E-state index contributed by atoms with van der Waals surface area (Å²) in [5, 5.41) is 3.07. The molecule has 1 aromatic heterocycles. The monoisotopic (exact) mass is 205 g/mol. The molecule has 0 saturated heterocycles. The predicted molar refractivity (Wildman–Crippen MR) is 60.8 cm³/mol. The molecule has 14 heavy (non-hydrogen) atoms. The Bertz CT molecular complexity index is 458. The second-order valence-electron chi connectivity index (χ2n) is 3.72. The Kier molecular flexibility index (Phi) is 2.42. The summed E-state index contributed by atoms with van der Waals surface area (Å²) in [4.78, 5) is 4.22. The summed E-state index contributed by atoms with van der Waals surface area (Å²) in [5.41, 5.74) is 1.22. The molecule has 2 aromatic rings. The summed E-state index contributed by atoms with van der Waals surface area (Å²) in [6.45, 7) is 4.31. The number of hydrogen-bond acceptors (Lipinski definition) is 1. The van der Waals surface area contributed by atoms with E-state index in [4.69, 9.17) is 11.6 Å². The third kappa shape index (κ3) is 1.48. The van der Waals surface area contributed by atoms with Gasteiger partial charge in [-0.15, -0.1) is 0 Å². The number of nitrogens with zero attached hydrogens (tertiary/aromatic N) is 1. The molecule has 0 saturated carbocycles. The molecule has 0 spiro atoms. The molecule has 2 rings (SSSR count). The van der Waals surface area contributed by atoms with Crippen LogP contribution in [0.5, 0.6) is 0 Å². The van der Waals surface area contributed by atoms with Gasteiger partial charge >= 0.3 is 0 Å². The van der Waals surface area contributed by atoms with E-state index >= 15 is 0 Å². The van der Waals surface area contributed by atoms with Gasteiger partial charge in [0.25, 0.3) is 0 Å². The third-order valence-electron chi connectivity index (χ3n) is 2.38. The van der Waals surface area contributed by atoms with Gasteiger partial charge in [0.1, 0.15) is 0 Å².